The molecule has 0 fully saturated rings. The summed E-state index contributed by atoms with van der Waals surface area (Å²) in [6.07, 6.45) is 1.15. The van der Waals surface area contributed by atoms with Gasteiger partial charge in [-0.15, -0.1) is 0 Å². The van der Waals surface area contributed by atoms with Crippen LogP contribution in [0.2, 0.25) is 0 Å². The summed E-state index contributed by atoms with van der Waals surface area (Å²) in [7, 11) is 0. The molecule has 3 aromatic rings. The maximum absolute atomic E-state index is 12.9. The molecule has 0 saturated carbocycles. The number of nitrogens with zero attached hydrogens (tertiary/aromatic N) is 3. The highest BCUT2D eigenvalue weighted by atomic mass is 19.1. The van der Waals surface area contributed by atoms with Gasteiger partial charge in [0.1, 0.15) is 5.82 Å². The van der Waals surface area contributed by atoms with Gasteiger partial charge in [-0.2, -0.15) is 4.98 Å². The second-order valence-corrected chi connectivity index (χ2v) is 5.21. The lowest BCUT2D eigenvalue weighted by atomic mass is 10.2. The van der Waals surface area contributed by atoms with Gasteiger partial charge in [-0.05, 0) is 37.6 Å². The molecule has 2 heterocycles. The van der Waals surface area contributed by atoms with E-state index in [0.29, 0.717) is 42.4 Å². The van der Waals surface area contributed by atoms with Crippen LogP contribution in [0, 0.1) is 12.7 Å². The van der Waals surface area contributed by atoms with Crippen molar-refractivity contribution in [2.45, 2.75) is 19.8 Å². The van der Waals surface area contributed by atoms with E-state index in [-0.39, 0.29) is 17.5 Å². The van der Waals surface area contributed by atoms with Gasteiger partial charge in [0.25, 0.3) is 5.91 Å². The third-order valence-corrected chi connectivity index (χ3v) is 3.28. The number of carbonyl (C=O) groups is 1. The van der Waals surface area contributed by atoms with E-state index in [4.69, 9.17) is 9.05 Å². The summed E-state index contributed by atoms with van der Waals surface area (Å²) >= 11 is 0. The molecule has 0 radical (unpaired) electrons. The van der Waals surface area contributed by atoms with Gasteiger partial charge < -0.3 is 14.4 Å². The van der Waals surface area contributed by atoms with Crippen LogP contribution in [0.3, 0.4) is 0 Å². The van der Waals surface area contributed by atoms with Crippen LogP contribution in [0.15, 0.2) is 39.4 Å². The van der Waals surface area contributed by atoms with E-state index in [9.17, 15) is 9.18 Å². The molecule has 1 amide bonds. The number of amides is 1. The van der Waals surface area contributed by atoms with Gasteiger partial charge in [0.2, 0.25) is 17.5 Å². The summed E-state index contributed by atoms with van der Waals surface area (Å²) < 4.78 is 22.9. The molecule has 0 aliphatic heterocycles. The Morgan fingerprint density at radius 1 is 1.21 bits per heavy atom. The third-order valence-electron chi connectivity index (χ3n) is 3.28. The SMILES string of the molecule is Cc1cc(C(=O)NCCCc2nc(-c3ccc(F)cc3)no2)on1. The number of aryl methyl sites for hydroxylation is 2. The highest BCUT2D eigenvalue weighted by molar-refractivity contribution is 5.91. The molecule has 0 aliphatic rings. The Bertz CT molecular complexity index is 826. The van der Waals surface area contributed by atoms with E-state index in [1.165, 1.54) is 12.1 Å². The summed E-state index contributed by atoms with van der Waals surface area (Å²) in [5.74, 6) is 0.419. The molecule has 0 unspecified atom stereocenters. The first-order valence-corrected chi connectivity index (χ1v) is 7.42. The number of benzene rings is 1. The number of hydrogen-bond acceptors (Lipinski definition) is 6. The molecule has 1 aromatic carbocycles. The number of nitrogens with one attached hydrogen (secondary N) is 1. The molecule has 124 valence electrons. The molecule has 3 rings (SSSR count). The second kappa shape index (κ2) is 7.03. The van der Waals surface area contributed by atoms with Gasteiger partial charge in [0.15, 0.2) is 0 Å². The average molecular weight is 330 g/mol. The van der Waals surface area contributed by atoms with Crippen molar-refractivity contribution in [1.29, 1.82) is 0 Å². The Hall–Kier alpha value is -3.03. The van der Waals surface area contributed by atoms with Crippen LogP contribution in [0.1, 0.15) is 28.6 Å². The zero-order valence-corrected chi connectivity index (χ0v) is 13.0. The fourth-order valence-corrected chi connectivity index (χ4v) is 2.07. The van der Waals surface area contributed by atoms with Gasteiger partial charge in [-0.1, -0.05) is 10.3 Å². The molecule has 7 nitrogen and oxygen atoms in total. The molecule has 1 N–H and O–H groups in total. The van der Waals surface area contributed by atoms with Crippen LogP contribution in [-0.2, 0) is 6.42 Å². The monoisotopic (exact) mass is 330 g/mol. The van der Waals surface area contributed by atoms with E-state index in [1.807, 2.05) is 0 Å². The van der Waals surface area contributed by atoms with Crippen LogP contribution in [0.25, 0.3) is 11.4 Å². The minimum absolute atomic E-state index is 0.184. The van der Waals surface area contributed by atoms with E-state index >= 15 is 0 Å². The van der Waals surface area contributed by atoms with Crippen molar-refractivity contribution in [1.82, 2.24) is 20.6 Å². The fraction of sp³-hybridized carbons (Fsp3) is 0.250. The summed E-state index contributed by atoms with van der Waals surface area (Å²) in [5.41, 5.74) is 1.33. The molecular weight excluding hydrogens is 315 g/mol. The van der Waals surface area contributed by atoms with Gasteiger partial charge in [0.05, 0.1) is 5.69 Å². The molecule has 8 heteroatoms. The van der Waals surface area contributed by atoms with E-state index in [1.54, 1.807) is 25.1 Å². The largest absolute Gasteiger partial charge is 0.351 e. The van der Waals surface area contributed by atoms with Crippen molar-refractivity contribution in [3.05, 3.63) is 53.5 Å². The normalized spacial score (nSPS) is 10.8. The maximum atomic E-state index is 12.9. The highest BCUT2D eigenvalue weighted by Crippen LogP contribution is 2.16. The quantitative estimate of drug-likeness (QED) is 0.698. The van der Waals surface area contributed by atoms with Crippen LogP contribution >= 0.6 is 0 Å². The van der Waals surface area contributed by atoms with Crippen LogP contribution < -0.4 is 5.32 Å². The van der Waals surface area contributed by atoms with Crippen molar-refractivity contribution >= 4 is 5.91 Å². The van der Waals surface area contributed by atoms with Crippen molar-refractivity contribution < 1.29 is 18.2 Å². The second-order valence-electron chi connectivity index (χ2n) is 5.21. The fourth-order valence-electron chi connectivity index (χ4n) is 2.07. The summed E-state index contributed by atoms with van der Waals surface area (Å²) in [4.78, 5) is 16.0. The van der Waals surface area contributed by atoms with Crippen LogP contribution in [-0.4, -0.2) is 27.7 Å². The smallest absolute Gasteiger partial charge is 0.289 e. The molecule has 2 aromatic heterocycles. The standard InChI is InChI=1S/C16H15FN4O3/c1-10-9-13(23-20-10)16(22)18-8-2-3-14-19-15(21-24-14)11-4-6-12(17)7-5-11/h4-7,9H,2-3,8H2,1H3,(H,18,22). The molecule has 0 bridgehead atoms. The first-order valence-electron chi connectivity index (χ1n) is 7.42. The molecule has 0 saturated heterocycles. The summed E-state index contributed by atoms with van der Waals surface area (Å²) in [6.45, 7) is 2.18. The van der Waals surface area contributed by atoms with Crippen LogP contribution in [0.4, 0.5) is 4.39 Å². The topological polar surface area (TPSA) is 94.1 Å². The lowest BCUT2D eigenvalue weighted by molar-refractivity contribution is 0.0916. The molecule has 0 atom stereocenters. The van der Waals surface area contributed by atoms with Crippen molar-refractivity contribution in [3.8, 4) is 11.4 Å². The predicted molar refractivity (Wildman–Crippen MR) is 81.6 cm³/mol. The van der Waals surface area contributed by atoms with E-state index in [0.717, 1.165) is 0 Å². The van der Waals surface area contributed by atoms with Gasteiger partial charge >= 0.3 is 0 Å². The zero-order valence-electron chi connectivity index (χ0n) is 13.0. The van der Waals surface area contributed by atoms with E-state index < -0.39 is 0 Å². The summed E-state index contributed by atoms with van der Waals surface area (Å²) in [6, 6.07) is 7.42. The first-order chi connectivity index (χ1) is 11.6. The Labute approximate surface area is 136 Å². The van der Waals surface area contributed by atoms with Crippen molar-refractivity contribution in [2.75, 3.05) is 6.54 Å². The Morgan fingerprint density at radius 3 is 2.71 bits per heavy atom. The predicted octanol–water partition coefficient (Wildman–Crippen LogP) is 2.53. The number of rotatable bonds is 6. The van der Waals surface area contributed by atoms with Gasteiger partial charge in [-0.3, -0.25) is 4.79 Å². The van der Waals surface area contributed by atoms with Crippen LogP contribution in [0.5, 0.6) is 0 Å². The minimum Gasteiger partial charge on any atom is -0.351 e. The van der Waals surface area contributed by atoms with E-state index in [2.05, 4.69) is 20.6 Å². The Balaban J connectivity index is 1.47. The average Bonchev–Trinajstić information content (AvgIpc) is 3.21. The zero-order chi connectivity index (χ0) is 16.9. The molecule has 0 spiro atoms. The number of halogens is 1. The number of aromatic nitrogens is 3. The lowest BCUT2D eigenvalue weighted by Crippen LogP contribution is -2.24. The third kappa shape index (κ3) is 3.83. The van der Waals surface area contributed by atoms with Gasteiger partial charge in [0, 0.05) is 24.6 Å². The Morgan fingerprint density at radius 2 is 2.00 bits per heavy atom. The van der Waals surface area contributed by atoms with Crippen molar-refractivity contribution in [2.24, 2.45) is 0 Å². The van der Waals surface area contributed by atoms with Gasteiger partial charge in [-0.25, -0.2) is 4.39 Å². The Kier molecular flexibility index (Phi) is 4.64. The minimum atomic E-state index is -0.319. The lowest BCUT2D eigenvalue weighted by Gasteiger charge is -2.00. The molecule has 24 heavy (non-hydrogen) atoms. The highest BCUT2D eigenvalue weighted by Gasteiger charge is 2.12. The van der Waals surface area contributed by atoms with Crippen molar-refractivity contribution in [3.63, 3.8) is 0 Å². The summed E-state index contributed by atoms with van der Waals surface area (Å²) in [5, 5.41) is 10.2. The number of carbonyl (C=O) groups excluding carboxylic acids is 1. The maximum Gasteiger partial charge on any atom is 0.289 e. The molecular formula is C16H15FN4O3. The molecule has 0 aliphatic carbocycles. The number of hydrogen-bond donors (Lipinski definition) is 1. The first kappa shape index (κ1) is 15.9.